The molecule has 7 heteroatoms. The highest BCUT2D eigenvalue weighted by Gasteiger charge is 2.22. The summed E-state index contributed by atoms with van der Waals surface area (Å²) in [4.78, 5) is 37.8. The van der Waals surface area contributed by atoms with Crippen molar-refractivity contribution >= 4 is 29.1 Å². The molecule has 0 aliphatic rings. The lowest BCUT2D eigenvalue weighted by atomic mass is 10.1. The number of nitrogens with one attached hydrogen (secondary N) is 2. The molecular weight excluding hydrogens is 302 g/mol. The summed E-state index contributed by atoms with van der Waals surface area (Å²) in [5.74, 6) is -0.839. The Balaban J connectivity index is 2.48. The van der Waals surface area contributed by atoms with Crippen molar-refractivity contribution in [2.45, 2.75) is 39.3 Å². The molecule has 0 spiro atoms. The Bertz CT molecular complexity index is 535. The molecule has 1 rings (SSSR count). The minimum absolute atomic E-state index is 0.0934. The average Bonchev–Trinajstić information content (AvgIpc) is 2.89. The molecule has 0 saturated carbocycles. The summed E-state index contributed by atoms with van der Waals surface area (Å²) in [5, 5.41) is 7.19. The SMILES string of the molecule is CC(NC(=O)CN(C)C(=O)c1cccs1)C(=O)NC(C)(C)C. The number of thiophene rings is 1. The third-order valence-corrected chi connectivity index (χ3v) is 3.59. The number of rotatable bonds is 5. The Hall–Kier alpha value is -1.89. The Labute approximate surface area is 134 Å². The molecule has 3 amide bonds. The van der Waals surface area contributed by atoms with Gasteiger partial charge in [-0.15, -0.1) is 11.3 Å². The van der Waals surface area contributed by atoms with E-state index in [4.69, 9.17) is 0 Å². The van der Waals surface area contributed by atoms with Crippen LogP contribution < -0.4 is 10.6 Å². The maximum atomic E-state index is 12.0. The zero-order valence-corrected chi connectivity index (χ0v) is 14.4. The molecule has 0 aliphatic carbocycles. The quantitative estimate of drug-likeness (QED) is 0.855. The first-order chi connectivity index (χ1) is 10.1. The summed E-state index contributed by atoms with van der Waals surface area (Å²) in [5.41, 5.74) is -0.359. The predicted octanol–water partition coefficient (Wildman–Crippen LogP) is 1.24. The normalized spacial score (nSPS) is 12.4. The van der Waals surface area contributed by atoms with Crippen LogP contribution in [0, 0.1) is 0 Å². The molecular formula is C15H23N3O3S. The molecule has 1 atom stereocenters. The lowest BCUT2D eigenvalue weighted by Crippen LogP contribution is -2.52. The third kappa shape index (κ3) is 5.85. The van der Waals surface area contributed by atoms with Crippen LogP contribution in [0.3, 0.4) is 0 Å². The Morgan fingerprint density at radius 1 is 1.32 bits per heavy atom. The monoisotopic (exact) mass is 325 g/mol. The molecule has 0 saturated heterocycles. The van der Waals surface area contributed by atoms with Crippen molar-refractivity contribution in [1.82, 2.24) is 15.5 Å². The van der Waals surface area contributed by atoms with Gasteiger partial charge in [-0.2, -0.15) is 0 Å². The number of hydrogen-bond acceptors (Lipinski definition) is 4. The number of carbonyl (C=O) groups is 3. The van der Waals surface area contributed by atoms with Crippen molar-refractivity contribution in [3.05, 3.63) is 22.4 Å². The Kier molecular flexibility index (Phi) is 6.11. The molecule has 1 aromatic heterocycles. The Morgan fingerprint density at radius 3 is 2.45 bits per heavy atom. The fraction of sp³-hybridized carbons (Fsp3) is 0.533. The highest BCUT2D eigenvalue weighted by Crippen LogP contribution is 2.10. The topological polar surface area (TPSA) is 78.5 Å². The van der Waals surface area contributed by atoms with Gasteiger partial charge in [0.05, 0.1) is 11.4 Å². The van der Waals surface area contributed by atoms with Crippen LogP contribution in [0.4, 0.5) is 0 Å². The standard InChI is InChI=1S/C15H23N3O3S/c1-10(13(20)17-15(2,3)4)16-12(19)9-18(5)14(21)11-7-6-8-22-11/h6-8,10H,9H2,1-5H3,(H,16,19)(H,17,20). The molecule has 0 fully saturated rings. The molecule has 22 heavy (non-hydrogen) atoms. The van der Waals surface area contributed by atoms with Crippen LogP contribution in [0.1, 0.15) is 37.4 Å². The highest BCUT2D eigenvalue weighted by molar-refractivity contribution is 7.12. The second-order valence-corrected chi connectivity index (χ2v) is 7.11. The van der Waals surface area contributed by atoms with Crippen molar-refractivity contribution < 1.29 is 14.4 Å². The molecule has 0 aromatic carbocycles. The highest BCUT2D eigenvalue weighted by atomic mass is 32.1. The van der Waals surface area contributed by atoms with Crippen molar-refractivity contribution in [2.75, 3.05) is 13.6 Å². The molecule has 2 N–H and O–H groups in total. The fourth-order valence-electron chi connectivity index (χ4n) is 1.71. The summed E-state index contributed by atoms with van der Waals surface area (Å²) in [6.45, 7) is 7.12. The van der Waals surface area contributed by atoms with Gasteiger partial charge in [0.15, 0.2) is 0 Å². The van der Waals surface area contributed by atoms with Crippen LogP contribution in [0.25, 0.3) is 0 Å². The van der Waals surface area contributed by atoms with E-state index in [1.165, 1.54) is 16.2 Å². The van der Waals surface area contributed by atoms with Gasteiger partial charge >= 0.3 is 0 Å². The number of nitrogens with zero attached hydrogens (tertiary/aromatic N) is 1. The van der Waals surface area contributed by atoms with Crippen LogP contribution >= 0.6 is 11.3 Å². The zero-order chi connectivity index (χ0) is 16.9. The van der Waals surface area contributed by atoms with Gasteiger partial charge in [-0.05, 0) is 39.1 Å². The van der Waals surface area contributed by atoms with Crippen LogP contribution in [0.5, 0.6) is 0 Å². The molecule has 122 valence electrons. The maximum absolute atomic E-state index is 12.0. The van der Waals surface area contributed by atoms with Gasteiger partial charge in [0, 0.05) is 12.6 Å². The van der Waals surface area contributed by atoms with Crippen LogP contribution in [0.15, 0.2) is 17.5 Å². The van der Waals surface area contributed by atoms with Crippen LogP contribution in [-0.4, -0.2) is 47.8 Å². The second-order valence-electron chi connectivity index (χ2n) is 6.17. The summed E-state index contributed by atoms with van der Waals surface area (Å²) in [6.07, 6.45) is 0. The van der Waals surface area contributed by atoms with E-state index in [0.29, 0.717) is 4.88 Å². The molecule has 1 unspecified atom stereocenters. The van der Waals surface area contributed by atoms with Gasteiger partial charge in [0.2, 0.25) is 11.8 Å². The molecule has 0 aliphatic heterocycles. The van der Waals surface area contributed by atoms with E-state index < -0.39 is 6.04 Å². The van der Waals surface area contributed by atoms with Gasteiger partial charge in [-0.25, -0.2) is 0 Å². The lowest BCUT2D eigenvalue weighted by molar-refractivity contribution is -0.129. The molecule has 0 bridgehead atoms. The first kappa shape index (κ1) is 18.2. The van der Waals surface area contributed by atoms with E-state index >= 15 is 0 Å². The van der Waals surface area contributed by atoms with E-state index in [2.05, 4.69) is 10.6 Å². The number of likely N-dealkylation sites (N-methyl/N-ethyl adjacent to an activating group) is 1. The van der Waals surface area contributed by atoms with Crippen LogP contribution in [0.2, 0.25) is 0 Å². The molecule has 0 radical (unpaired) electrons. The van der Waals surface area contributed by atoms with Crippen LogP contribution in [-0.2, 0) is 9.59 Å². The number of amides is 3. The lowest BCUT2D eigenvalue weighted by Gasteiger charge is -2.24. The van der Waals surface area contributed by atoms with Crippen molar-refractivity contribution in [3.8, 4) is 0 Å². The molecule has 6 nitrogen and oxygen atoms in total. The Morgan fingerprint density at radius 2 is 1.95 bits per heavy atom. The van der Waals surface area contributed by atoms with E-state index in [-0.39, 0.29) is 29.8 Å². The zero-order valence-electron chi connectivity index (χ0n) is 13.6. The minimum atomic E-state index is -0.656. The summed E-state index contributed by atoms with van der Waals surface area (Å²) < 4.78 is 0. The summed E-state index contributed by atoms with van der Waals surface area (Å²) in [7, 11) is 1.56. The maximum Gasteiger partial charge on any atom is 0.264 e. The van der Waals surface area contributed by atoms with E-state index in [1.54, 1.807) is 31.5 Å². The molecule has 1 heterocycles. The first-order valence-electron chi connectivity index (χ1n) is 7.00. The predicted molar refractivity (Wildman–Crippen MR) is 86.8 cm³/mol. The van der Waals surface area contributed by atoms with Crippen molar-refractivity contribution in [2.24, 2.45) is 0 Å². The van der Waals surface area contributed by atoms with E-state index in [1.807, 2.05) is 20.8 Å². The van der Waals surface area contributed by atoms with Gasteiger partial charge in [-0.1, -0.05) is 6.07 Å². The second kappa shape index (κ2) is 7.40. The van der Waals surface area contributed by atoms with Gasteiger partial charge in [-0.3, -0.25) is 14.4 Å². The van der Waals surface area contributed by atoms with Crippen molar-refractivity contribution in [3.63, 3.8) is 0 Å². The summed E-state index contributed by atoms with van der Waals surface area (Å²) >= 11 is 1.32. The van der Waals surface area contributed by atoms with Crippen molar-refractivity contribution in [1.29, 1.82) is 0 Å². The number of hydrogen-bond donors (Lipinski definition) is 2. The molecule has 1 aromatic rings. The van der Waals surface area contributed by atoms with Gasteiger partial charge in [0.25, 0.3) is 5.91 Å². The van der Waals surface area contributed by atoms with Gasteiger partial charge < -0.3 is 15.5 Å². The fourth-order valence-corrected chi connectivity index (χ4v) is 2.42. The summed E-state index contributed by atoms with van der Waals surface area (Å²) in [6, 6.07) is 2.84. The van der Waals surface area contributed by atoms with E-state index in [0.717, 1.165) is 0 Å². The first-order valence-corrected chi connectivity index (χ1v) is 7.88. The minimum Gasteiger partial charge on any atom is -0.350 e. The van der Waals surface area contributed by atoms with E-state index in [9.17, 15) is 14.4 Å². The number of carbonyl (C=O) groups excluding carboxylic acids is 3. The average molecular weight is 325 g/mol. The van der Waals surface area contributed by atoms with Gasteiger partial charge in [0.1, 0.15) is 6.04 Å². The third-order valence-electron chi connectivity index (χ3n) is 2.73. The smallest absolute Gasteiger partial charge is 0.264 e. The largest absolute Gasteiger partial charge is 0.350 e.